The first kappa shape index (κ1) is 12.1. The highest BCUT2D eigenvalue weighted by molar-refractivity contribution is 5.98. The van der Waals surface area contributed by atoms with Crippen LogP contribution in [0.25, 0.3) is 0 Å². The number of cyclic esters (lactones) is 4. The first-order valence-corrected chi connectivity index (χ1v) is 6.23. The molecule has 4 unspecified atom stereocenters. The SMILES string of the molecule is O=C1CC(CC2C=CC3C(=O)OC(=O)C3C2)C(=O)O1. The maximum atomic E-state index is 11.5. The van der Waals surface area contributed by atoms with Gasteiger partial charge in [-0.15, -0.1) is 0 Å². The number of carbonyl (C=O) groups is 4. The first-order chi connectivity index (χ1) is 9.04. The van der Waals surface area contributed by atoms with Crippen LogP contribution in [0.15, 0.2) is 12.2 Å². The van der Waals surface area contributed by atoms with E-state index in [4.69, 9.17) is 0 Å². The average molecular weight is 264 g/mol. The molecule has 100 valence electrons. The van der Waals surface area contributed by atoms with E-state index in [0.717, 1.165) is 0 Å². The second-order valence-corrected chi connectivity index (χ2v) is 5.18. The van der Waals surface area contributed by atoms with Gasteiger partial charge in [0.15, 0.2) is 0 Å². The van der Waals surface area contributed by atoms with Gasteiger partial charge in [0, 0.05) is 0 Å². The summed E-state index contributed by atoms with van der Waals surface area (Å²) in [6.45, 7) is 0. The van der Waals surface area contributed by atoms with Crippen LogP contribution in [-0.4, -0.2) is 23.9 Å². The molecule has 1 aliphatic carbocycles. The van der Waals surface area contributed by atoms with Crippen LogP contribution in [0, 0.1) is 23.7 Å². The van der Waals surface area contributed by atoms with E-state index >= 15 is 0 Å². The van der Waals surface area contributed by atoms with E-state index in [1.807, 2.05) is 6.08 Å². The molecule has 19 heavy (non-hydrogen) atoms. The van der Waals surface area contributed by atoms with Crippen molar-refractivity contribution >= 4 is 23.9 Å². The van der Waals surface area contributed by atoms with E-state index < -0.39 is 41.6 Å². The molecule has 3 aliphatic rings. The Balaban J connectivity index is 1.68. The number of allylic oxidation sites excluding steroid dienone is 1. The molecule has 6 nitrogen and oxygen atoms in total. The third kappa shape index (κ3) is 2.07. The Morgan fingerprint density at radius 2 is 1.79 bits per heavy atom. The van der Waals surface area contributed by atoms with Gasteiger partial charge in [-0.3, -0.25) is 19.2 Å². The Hall–Kier alpha value is -1.98. The normalized spacial score (nSPS) is 37.3. The maximum Gasteiger partial charge on any atom is 0.321 e. The smallest absolute Gasteiger partial charge is 0.321 e. The van der Waals surface area contributed by atoms with Crippen molar-refractivity contribution in [3.63, 3.8) is 0 Å². The van der Waals surface area contributed by atoms with Gasteiger partial charge < -0.3 is 9.47 Å². The molecule has 3 rings (SSSR count). The van der Waals surface area contributed by atoms with Crippen LogP contribution in [0.4, 0.5) is 0 Å². The quantitative estimate of drug-likeness (QED) is 0.406. The summed E-state index contributed by atoms with van der Waals surface area (Å²) in [6, 6.07) is 0. The van der Waals surface area contributed by atoms with Crippen molar-refractivity contribution in [1.82, 2.24) is 0 Å². The number of fused-ring (bicyclic) bond motifs is 1. The molecule has 2 saturated heterocycles. The van der Waals surface area contributed by atoms with E-state index in [1.54, 1.807) is 6.08 Å². The molecular weight excluding hydrogens is 252 g/mol. The highest BCUT2D eigenvalue weighted by atomic mass is 16.6. The molecule has 2 aliphatic heterocycles. The molecule has 0 radical (unpaired) electrons. The minimum atomic E-state index is -0.500. The summed E-state index contributed by atoms with van der Waals surface area (Å²) in [5.74, 6) is -3.37. The minimum absolute atomic E-state index is 0.0110. The van der Waals surface area contributed by atoms with Gasteiger partial charge in [0.05, 0.1) is 24.2 Å². The lowest BCUT2D eigenvalue weighted by Crippen LogP contribution is -2.25. The van der Waals surface area contributed by atoms with Crippen LogP contribution in [0.2, 0.25) is 0 Å². The molecule has 4 atom stereocenters. The molecule has 2 heterocycles. The van der Waals surface area contributed by atoms with Gasteiger partial charge in [-0.2, -0.15) is 0 Å². The molecule has 0 aromatic rings. The van der Waals surface area contributed by atoms with E-state index in [9.17, 15) is 19.2 Å². The molecule has 0 bridgehead atoms. The van der Waals surface area contributed by atoms with Crippen LogP contribution in [0.1, 0.15) is 19.3 Å². The largest absolute Gasteiger partial charge is 0.393 e. The molecule has 0 aromatic carbocycles. The van der Waals surface area contributed by atoms with Gasteiger partial charge in [0.25, 0.3) is 0 Å². The summed E-state index contributed by atoms with van der Waals surface area (Å²) in [5, 5.41) is 0. The zero-order valence-electron chi connectivity index (χ0n) is 10.0. The van der Waals surface area contributed by atoms with Gasteiger partial charge in [0.1, 0.15) is 0 Å². The van der Waals surface area contributed by atoms with E-state index in [0.29, 0.717) is 12.8 Å². The lowest BCUT2D eigenvalue weighted by Gasteiger charge is -2.23. The fourth-order valence-corrected chi connectivity index (χ4v) is 2.93. The Morgan fingerprint density at radius 1 is 1.00 bits per heavy atom. The number of hydrogen-bond acceptors (Lipinski definition) is 6. The third-order valence-electron chi connectivity index (χ3n) is 3.90. The second-order valence-electron chi connectivity index (χ2n) is 5.18. The fourth-order valence-electron chi connectivity index (χ4n) is 2.93. The zero-order chi connectivity index (χ0) is 13.6. The molecule has 2 fully saturated rings. The summed E-state index contributed by atoms with van der Waals surface area (Å²) in [4.78, 5) is 45.2. The standard InChI is InChI=1S/C13H12O6/c14-10-5-7(11(15)18-10)3-6-1-2-8-9(4-6)13(17)19-12(8)16/h1-2,6-9H,3-5H2. The van der Waals surface area contributed by atoms with Crippen molar-refractivity contribution in [3.8, 4) is 0 Å². The maximum absolute atomic E-state index is 11.5. The average Bonchev–Trinajstić information content (AvgIpc) is 2.81. The van der Waals surface area contributed by atoms with Crippen LogP contribution < -0.4 is 0 Å². The fraction of sp³-hybridized carbons (Fsp3) is 0.538. The lowest BCUT2D eigenvalue weighted by molar-refractivity contribution is -0.155. The van der Waals surface area contributed by atoms with Crippen LogP contribution in [0.3, 0.4) is 0 Å². The van der Waals surface area contributed by atoms with Gasteiger partial charge in [-0.1, -0.05) is 12.2 Å². The van der Waals surface area contributed by atoms with Crippen molar-refractivity contribution in [2.45, 2.75) is 19.3 Å². The summed E-state index contributed by atoms with van der Waals surface area (Å²) < 4.78 is 9.08. The van der Waals surface area contributed by atoms with E-state index in [2.05, 4.69) is 9.47 Å². The topological polar surface area (TPSA) is 86.7 Å². The molecule has 0 aromatic heterocycles. The van der Waals surface area contributed by atoms with E-state index in [-0.39, 0.29) is 12.3 Å². The third-order valence-corrected chi connectivity index (χ3v) is 3.90. The first-order valence-electron chi connectivity index (χ1n) is 6.23. The van der Waals surface area contributed by atoms with Crippen LogP contribution >= 0.6 is 0 Å². The minimum Gasteiger partial charge on any atom is -0.393 e. The van der Waals surface area contributed by atoms with Gasteiger partial charge in [-0.05, 0) is 18.8 Å². The summed E-state index contributed by atoms with van der Waals surface area (Å²) >= 11 is 0. The Labute approximate surface area is 108 Å². The van der Waals surface area contributed by atoms with Gasteiger partial charge >= 0.3 is 23.9 Å². The second kappa shape index (κ2) is 4.29. The Kier molecular flexibility index (Phi) is 2.73. The number of carbonyl (C=O) groups excluding carboxylic acids is 4. The molecule has 0 saturated carbocycles. The summed E-state index contributed by atoms with van der Waals surface area (Å²) in [5.41, 5.74) is 0. The number of ether oxygens (including phenoxy) is 2. The number of hydrogen-bond donors (Lipinski definition) is 0. The zero-order valence-corrected chi connectivity index (χ0v) is 10.0. The van der Waals surface area contributed by atoms with Crippen molar-refractivity contribution in [2.24, 2.45) is 23.7 Å². The molecular formula is C13H12O6. The van der Waals surface area contributed by atoms with Gasteiger partial charge in [0.2, 0.25) is 0 Å². The van der Waals surface area contributed by atoms with E-state index in [1.165, 1.54) is 0 Å². The molecule has 0 N–H and O–H groups in total. The Bertz CT molecular complexity index is 505. The van der Waals surface area contributed by atoms with Crippen molar-refractivity contribution in [1.29, 1.82) is 0 Å². The molecule has 6 heteroatoms. The predicted octanol–water partition coefficient (Wildman–Crippen LogP) is 0.358. The van der Waals surface area contributed by atoms with Gasteiger partial charge in [-0.25, -0.2) is 0 Å². The summed E-state index contributed by atoms with van der Waals surface area (Å²) in [6.07, 6.45) is 4.54. The Morgan fingerprint density at radius 3 is 2.47 bits per heavy atom. The highest BCUT2D eigenvalue weighted by Crippen LogP contribution is 2.38. The predicted molar refractivity (Wildman–Crippen MR) is 59.1 cm³/mol. The molecule has 0 spiro atoms. The number of rotatable bonds is 2. The summed E-state index contributed by atoms with van der Waals surface area (Å²) in [7, 11) is 0. The lowest BCUT2D eigenvalue weighted by atomic mass is 9.77. The van der Waals surface area contributed by atoms with Crippen molar-refractivity contribution in [2.75, 3.05) is 0 Å². The van der Waals surface area contributed by atoms with Crippen LogP contribution in [-0.2, 0) is 28.7 Å². The monoisotopic (exact) mass is 264 g/mol. The van der Waals surface area contributed by atoms with Crippen LogP contribution in [0.5, 0.6) is 0 Å². The van der Waals surface area contributed by atoms with Crippen molar-refractivity contribution in [3.05, 3.63) is 12.2 Å². The highest BCUT2D eigenvalue weighted by Gasteiger charge is 2.46. The number of esters is 4. The molecule has 0 amide bonds. The van der Waals surface area contributed by atoms with Crippen molar-refractivity contribution < 1.29 is 28.7 Å².